The Labute approximate surface area is 157 Å². The van der Waals surface area contributed by atoms with Crippen molar-refractivity contribution in [1.82, 2.24) is 10.1 Å². The molecule has 9 heteroatoms. The lowest BCUT2D eigenvalue weighted by molar-refractivity contribution is -0.0506. The number of aromatic nitrogens is 2. The summed E-state index contributed by atoms with van der Waals surface area (Å²) in [5.74, 6) is -1.53. The number of aryl methyl sites for hydroxylation is 1. The monoisotopic (exact) mass is 392 g/mol. The number of carbonyl (C=O) groups is 1. The first-order chi connectivity index (χ1) is 13.3. The summed E-state index contributed by atoms with van der Waals surface area (Å²) in [6, 6.07) is 9.91. The zero-order valence-corrected chi connectivity index (χ0v) is 14.9. The number of halogens is 3. The van der Waals surface area contributed by atoms with Crippen LogP contribution in [0.3, 0.4) is 0 Å². The number of hydrogen-bond donors (Lipinski definition) is 0. The Hall–Kier alpha value is -3.36. The largest absolute Gasteiger partial charge is 0.449 e. The third kappa shape index (κ3) is 4.30. The molecule has 0 radical (unpaired) electrons. The van der Waals surface area contributed by atoms with Gasteiger partial charge in [-0.1, -0.05) is 29.4 Å². The summed E-state index contributed by atoms with van der Waals surface area (Å²) in [6.45, 7) is 0.0131. The standard InChI is InChI=1S/C19H15F3N2O4/c1-10-7-8-12(9-14(10)20)16-23-17(28-24-16)11(2)26-18(25)13-5-3-4-6-15(13)27-19(21)22/h3-9,11,19H,1-2H3. The summed E-state index contributed by atoms with van der Waals surface area (Å²) in [5, 5.41) is 3.75. The van der Waals surface area contributed by atoms with Crippen LogP contribution >= 0.6 is 0 Å². The first-order valence-electron chi connectivity index (χ1n) is 8.20. The van der Waals surface area contributed by atoms with Crippen LogP contribution in [0.1, 0.15) is 34.8 Å². The van der Waals surface area contributed by atoms with Gasteiger partial charge in [0.1, 0.15) is 17.1 Å². The third-order valence-corrected chi connectivity index (χ3v) is 3.83. The number of carbonyl (C=O) groups excluding carboxylic acids is 1. The second-order valence-corrected chi connectivity index (χ2v) is 5.84. The van der Waals surface area contributed by atoms with E-state index in [0.717, 1.165) is 0 Å². The quantitative estimate of drug-likeness (QED) is 0.566. The molecule has 0 spiro atoms. The molecule has 0 saturated carbocycles. The highest BCUT2D eigenvalue weighted by Gasteiger charge is 2.23. The Morgan fingerprint density at radius 3 is 2.64 bits per heavy atom. The van der Waals surface area contributed by atoms with Crippen molar-refractivity contribution in [3.05, 3.63) is 65.3 Å². The summed E-state index contributed by atoms with van der Waals surface area (Å²) < 4.78 is 53.2. The maximum Gasteiger partial charge on any atom is 0.387 e. The maximum absolute atomic E-state index is 13.7. The molecule has 1 aromatic heterocycles. The van der Waals surface area contributed by atoms with E-state index in [4.69, 9.17) is 9.26 Å². The van der Waals surface area contributed by atoms with Crippen molar-refractivity contribution >= 4 is 5.97 Å². The van der Waals surface area contributed by atoms with E-state index in [1.165, 1.54) is 37.3 Å². The highest BCUT2D eigenvalue weighted by Crippen LogP contribution is 2.26. The van der Waals surface area contributed by atoms with Crippen LogP contribution in [0.2, 0.25) is 0 Å². The SMILES string of the molecule is Cc1ccc(-c2noc(C(C)OC(=O)c3ccccc3OC(F)F)n2)cc1F. The van der Waals surface area contributed by atoms with Gasteiger partial charge in [0.25, 0.3) is 5.89 Å². The number of ether oxygens (including phenoxy) is 2. The fraction of sp³-hybridized carbons (Fsp3) is 0.211. The Morgan fingerprint density at radius 2 is 1.93 bits per heavy atom. The van der Waals surface area contributed by atoms with Crippen LogP contribution in [0.5, 0.6) is 5.75 Å². The zero-order valence-electron chi connectivity index (χ0n) is 14.9. The predicted octanol–water partition coefficient (Wildman–Crippen LogP) is 4.70. The molecule has 6 nitrogen and oxygen atoms in total. The first-order valence-corrected chi connectivity index (χ1v) is 8.20. The number of rotatable bonds is 6. The molecule has 0 aliphatic carbocycles. The van der Waals surface area contributed by atoms with Crippen LogP contribution < -0.4 is 4.74 Å². The lowest BCUT2D eigenvalue weighted by Gasteiger charge is -2.12. The summed E-state index contributed by atoms with van der Waals surface area (Å²) in [5.41, 5.74) is 0.696. The third-order valence-electron chi connectivity index (χ3n) is 3.83. The minimum absolute atomic E-state index is 0.0309. The molecule has 2 aromatic carbocycles. The smallest absolute Gasteiger partial charge is 0.387 e. The van der Waals surface area contributed by atoms with E-state index in [2.05, 4.69) is 14.9 Å². The van der Waals surface area contributed by atoms with E-state index in [-0.39, 0.29) is 23.0 Å². The van der Waals surface area contributed by atoms with Gasteiger partial charge in [-0.15, -0.1) is 0 Å². The second-order valence-electron chi connectivity index (χ2n) is 5.84. The van der Waals surface area contributed by atoms with Crippen molar-refractivity contribution in [2.24, 2.45) is 0 Å². The second kappa shape index (κ2) is 8.12. The van der Waals surface area contributed by atoms with Gasteiger partial charge in [-0.25, -0.2) is 9.18 Å². The fourth-order valence-electron chi connectivity index (χ4n) is 2.36. The molecule has 28 heavy (non-hydrogen) atoms. The molecular formula is C19H15F3N2O4. The number of esters is 1. The van der Waals surface area contributed by atoms with Gasteiger partial charge in [-0.2, -0.15) is 13.8 Å². The molecule has 1 atom stereocenters. The molecule has 0 aliphatic rings. The zero-order chi connectivity index (χ0) is 20.3. The maximum atomic E-state index is 13.7. The highest BCUT2D eigenvalue weighted by atomic mass is 19.3. The number of nitrogens with zero attached hydrogens (tertiary/aromatic N) is 2. The number of benzene rings is 2. The van der Waals surface area contributed by atoms with E-state index < -0.39 is 24.5 Å². The normalized spacial score (nSPS) is 12.1. The van der Waals surface area contributed by atoms with Crippen LogP contribution in [0, 0.1) is 12.7 Å². The van der Waals surface area contributed by atoms with E-state index in [9.17, 15) is 18.0 Å². The Balaban J connectivity index is 1.75. The Morgan fingerprint density at radius 1 is 1.18 bits per heavy atom. The molecule has 0 amide bonds. The van der Waals surface area contributed by atoms with Crippen molar-refractivity contribution < 1.29 is 32.0 Å². The van der Waals surface area contributed by atoms with Crippen LogP contribution in [-0.2, 0) is 4.74 Å². The molecule has 1 heterocycles. The summed E-state index contributed by atoms with van der Waals surface area (Å²) in [4.78, 5) is 16.4. The van der Waals surface area contributed by atoms with Gasteiger partial charge in [0.05, 0.1) is 0 Å². The molecule has 146 valence electrons. The average molecular weight is 392 g/mol. The van der Waals surface area contributed by atoms with Crippen LogP contribution in [-0.4, -0.2) is 22.7 Å². The number of alkyl halides is 2. The van der Waals surface area contributed by atoms with Gasteiger partial charge in [0, 0.05) is 5.56 Å². The fourth-order valence-corrected chi connectivity index (χ4v) is 2.36. The van der Waals surface area contributed by atoms with Gasteiger partial charge in [-0.3, -0.25) is 0 Å². The molecule has 0 N–H and O–H groups in total. The molecule has 0 fully saturated rings. The van der Waals surface area contributed by atoms with Crippen molar-refractivity contribution in [1.29, 1.82) is 0 Å². The summed E-state index contributed by atoms with van der Waals surface area (Å²) in [6.07, 6.45) is -0.969. The van der Waals surface area contributed by atoms with Gasteiger partial charge < -0.3 is 14.0 Å². The van der Waals surface area contributed by atoms with Crippen LogP contribution in [0.15, 0.2) is 47.0 Å². The topological polar surface area (TPSA) is 74.5 Å². The lowest BCUT2D eigenvalue weighted by atomic mass is 10.1. The number of para-hydroxylation sites is 1. The summed E-state index contributed by atoms with van der Waals surface area (Å²) in [7, 11) is 0. The molecule has 3 aromatic rings. The minimum atomic E-state index is -3.08. The van der Waals surface area contributed by atoms with E-state index in [1.807, 2.05) is 0 Å². The molecule has 0 aliphatic heterocycles. The van der Waals surface area contributed by atoms with Gasteiger partial charge >= 0.3 is 12.6 Å². The Bertz CT molecular complexity index is 991. The van der Waals surface area contributed by atoms with Crippen LogP contribution in [0.4, 0.5) is 13.2 Å². The minimum Gasteiger partial charge on any atom is -0.449 e. The van der Waals surface area contributed by atoms with E-state index in [1.54, 1.807) is 19.1 Å². The highest BCUT2D eigenvalue weighted by molar-refractivity contribution is 5.92. The van der Waals surface area contributed by atoms with Gasteiger partial charge in [0.15, 0.2) is 6.10 Å². The predicted molar refractivity (Wildman–Crippen MR) is 91.3 cm³/mol. The van der Waals surface area contributed by atoms with E-state index in [0.29, 0.717) is 11.1 Å². The molecule has 1 unspecified atom stereocenters. The van der Waals surface area contributed by atoms with Crippen molar-refractivity contribution in [3.63, 3.8) is 0 Å². The average Bonchev–Trinajstić information content (AvgIpc) is 3.14. The number of hydrogen-bond acceptors (Lipinski definition) is 6. The van der Waals surface area contributed by atoms with Crippen LogP contribution in [0.25, 0.3) is 11.4 Å². The van der Waals surface area contributed by atoms with Crippen molar-refractivity contribution in [3.8, 4) is 17.1 Å². The first kappa shape index (κ1) is 19.4. The molecule has 3 rings (SSSR count). The molecule has 0 saturated heterocycles. The van der Waals surface area contributed by atoms with Gasteiger partial charge in [0.2, 0.25) is 5.82 Å². The van der Waals surface area contributed by atoms with E-state index >= 15 is 0 Å². The molecular weight excluding hydrogens is 377 g/mol. The summed E-state index contributed by atoms with van der Waals surface area (Å²) >= 11 is 0. The van der Waals surface area contributed by atoms with Crippen molar-refractivity contribution in [2.75, 3.05) is 0 Å². The lowest BCUT2D eigenvalue weighted by Crippen LogP contribution is -2.12. The Kier molecular flexibility index (Phi) is 5.62. The van der Waals surface area contributed by atoms with Crippen molar-refractivity contribution in [2.45, 2.75) is 26.6 Å². The van der Waals surface area contributed by atoms with Gasteiger partial charge in [-0.05, 0) is 37.6 Å². The molecule has 0 bridgehead atoms.